The van der Waals surface area contributed by atoms with Gasteiger partial charge in [0.25, 0.3) is 0 Å². The second-order valence-electron chi connectivity index (χ2n) is 4.39. The van der Waals surface area contributed by atoms with Gasteiger partial charge in [-0.2, -0.15) is 0 Å². The molecule has 86 valence electrons. The van der Waals surface area contributed by atoms with Crippen LogP contribution in [0.25, 0.3) is 0 Å². The maximum absolute atomic E-state index is 10.0. The summed E-state index contributed by atoms with van der Waals surface area (Å²) in [7, 11) is 0. The molecule has 2 saturated heterocycles. The fraction of sp³-hybridized carbons (Fsp3) is 0.500. The lowest BCUT2D eigenvalue weighted by Gasteiger charge is -2.29. The quantitative estimate of drug-likeness (QED) is 0.753. The normalized spacial score (nSPS) is 41.5. The molecule has 4 nitrogen and oxygen atoms in total. The van der Waals surface area contributed by atoms with Crippen molar-refractivity contribution in [2.75, 3.05) is 13.2 Å². The van der Waals surface area contributed by atoms with Gasteiger partial charge in [0.2, 0.25) is 0 Å². The Kier molecular flexibility index (Phi) is 2.26. The smallest absolute Gasteiger partial charge is 0.144 e. The first kappa shape index (κ1) is 10.2. The van der Waals surface area contributed by atoms with Gasteiger partial charge in [-0.3, -0.25) is 0 Å². The summed E-state index contributed by atoms with van der Waals surface area (Å²) in [5.74, 6) is 0. The average molecular weight is 222 g/mol. The van der Waals surface area contributed by atoms with Gasteiger partial charge in [0.05, 0.1) is 13.2 Å². The Hall–Kier alpha value is -0.940. The van der Waals surface area contributed by atoms with E-state index in [0.29, 0.717) is 0 Å². The Morgan fingerprint density at radius 2 is 2.06 bits per heavy atom. The number of rotatable bonds is 2. The zero-order valence-corrected chi connectivity index (χ0v) is 8.74. The molecule has 2 aliphatic rings. The summed E-state index contributed by atoms with van der Waals surface area (Å²) in [6.07, 6.45) is -1.39. The van der Waals surface area contributed by atoms with E-state index in [4.69, 9.17) is 9.47 Å². The minimum atomic E-state index is -0.925. The van der Waals surface area contributed by atoms with Crippen molar-refractivity contribution in [1.29, 1.82) is 0 Å². The molecule has 0 aliphatic carbocycles. The molecular formula is C12H14O4. The van der Waals surface area contributed by atoms with Crippen molar-refractivity contribution in [3.63, 3.8) is 0 Å². The maximum atomic E-state index is 10.0. The van der Waals surface area contributed by atoms with Crippen molar-refractivity contribution in [2.24, 2.45) is 0 Å². The molecule has 4 atom stereocenters. The topological polar surface area (TPSA) is 58.9 Å². The first-order chi connectivity index (χ1) is 7.77. The van der Waals surface area contributed by atoms with Crippen molar-refractivity contribution in [3.8, 4) is 0 Å². The zero-order chi connectivity index (χ0) is 11.2. The minimum Gasteiger partial charge on any atom is -0.393 e. The van der Waals surface area contributed by atoms with E-state index in [1.54, 1.807) is 0 Å². The Bertz CT molecular complexity index is 380. The molecule has 0 spiro atoms. The van der Waals surface area contributed by atoms with Crippen LogP contribution in [0.4, 0.5) is 0 Å². The molecule has 0 radical (unpaired) electrons. The number of hydrogen-bond donors (Lipinski definition) is 2. The van der Waals surface area contributed by atoms with Crippen LogP contribution in [0.1, 0.15) is 11.7 Å². The SMILES string of the molecule is OC[C@@]12CO[C@@H]([C@H](c3ccccc3)O1)[C@@H]2O. The lowest BCUT2D eigenvalue weighted by molar-refractivity contribution is -0.163. The molecule has 2 aliphatic heterocycles. The van der Waals surface area contributed by atoms with E-state index in [1.165, 1.54) is 0 Å². The Morgan fingerprint density at radius 1 is 1.31 bits per heavy atom. The molecule has 2 heterocycles. The van der Waals surface area contributed by atoms with Crippen LogP contribution in [-0.2, 0) is 9.47 Å². The van der Waals surface area contributed by atoms with Gasteiger partial charge in [0.15, 0.2) is 0 Å². The standard InChI is InChI=1S/C12H14O4/c13-6-12-7-15-10(11(12)14)9(16-12)8-4-2-1-3-5-8/h1-5,9-11,13-14H,6-7H2/t9-,10-,11-,12-/m0/s1. The molecule has 0 amide bonds. The van der Waals surface area contributed by atoms with Gasteiger partial charge in [-0.1, -0.05) is 30.3 Å². The molecule has 16 heavy (non-hydrogen) atoms. The highest BCUT2D eigenvalue weighted by Crippen LogP contribution is 2.46. The molecule has 4 heteroatoms. The summed E-state index contributed by atoms with van der Waals surface area (Å²) in [6.45, 7) is 0.0483. The van der Waals surface area contributed by atoms with E-state index in [-0.39, 0.29) is 25.4 Å². The fourth-order valence-corrected chi connectivity index (χ4v) is 2.47. The van der Waals surface area contributed by atoms with Crippen LogP contribution in [0.2, 0.25) is 0 Å². The molecule has 0 unspecified atom stereocenters. The third-order valence-electron chi connectivity index (χ3n) is 3.43. The average Bonchev–Trinajstić information content (AvgIpc) is 2.82. The predicted octanol–water partition coefficient (Wildman–Crippen LogP) is 0.249. The van der Waals surface area contributed by atoms with Gasteiger partial charge < -0.3 is 19.7 Å². The molecule has 0 saturated carbocycles. The van der Waals surface area contributed by atoms with Gasteiger partial charge >= 0.3 is 0 Å². The van der Waals surface area contributed by atoms with Crippen molar-refractivity contribution in [2.45, 2.75) is 23.9 Å². The predicted molar refractivity (Wildman–Crippen MR) is 55.8 cm³/mol. The van der Waals surface area contributed by atoms with Crippen LogP contribution in [0.15, 0.2) is 30.3 Å². The Labute approximate surface area is 93.4 Å². The Morgan fingerprint density at radius 3 is 2.69 bits per heavy atom. The summed E-state index contributed by atoms with van der Waals surface area (Å²) in [6, 6.07) is 9.64. The third kappa shape index (κ3) is 1.25. The van der Waals surface area contributed by atoms with Crippen molar-refractivity contribution >= 4 is 0 Å². The third-order valence-corrected chi connectivity index (χ3v) is 3.43. The van der Waals surface area contributed by atoms with Crippen LogP contribution in [0.3, 0.4) is 0 Å². The molecule has 1 aromatic rings. The van der Waals surface area contributed by atoms with Gasteiger partial charge in [-0.15, -0.1) is 0 Å². The van der Waals surface area contributed by atoms with Crippen LogP contribution in [0, 0.1) is 0 Å². The number of hydrogen-bond acceptors (Lipinski definition) is 4. The largest absolute Gasteiger partial charge is 0.393 e. The van der Waals surface area contributed by atoms with Gasteiger partial charge in [-0.25, -0.2) is 0 Å². The van der Waals surface area contributed by atoms with Crippen LogP contribution in [-0.4, -0.2) is 41.2 Å². The molecule has 2 fully saturated rings. The molecule has 0 aromatic heterocycles. The fourth-order valence-electron chi connectivity index (χ4n) is 2.47. The van der Waals surface area contributed by atoms with E-state index >= 15 is 0 Å². The summed E-state index contributed by atoms with van der Waals surface area (Å²) in [4.78, 5) is 0. The number of aliphatic hydroxyl groups is 2. The van der Waals surface area contributed by atoms with Crippen molar-refractivity contribution in [3.05, 3.63) is 35.9 Å². The molecule has 1 aromatic carbocycles. The Balaban J connectivity index is 1.92. The van der Waals surface area contributed by atoms with Crippen LogP contribution in [0.5, 0.6) is 0 Å². The van der Waals surface area contributed by atoms with Crippen LogP contribution >= 0.6 is 0 Å². The summed E-state index contributed by atoms with van der Waals surface area (Å²) >= 11 is 0. The second kappa shape index (κ2) is 3.53. The van der Waals surface area contributed by atoms with E-state index in [0.717, 1.165) is 5.56 Å². The lowest BCUT2D eigenvalue weighted by atomic mass is 9.98. The van der Waals surface area contributed by atoms with Gasteiger partial charge in [0.1, 0.15) is 23.9 Å². The van der Waals surface area contributed by atoms with E-state index in [2.05, 4.69) is 0 Å². The van der Waals surface area contributed by atoms with Gasteiger partial charge in [-0.05, 0) is 5.56 Å². The number of aliphatic hydroxyl groups excluding tert-OH is 2. The van der Waals surface area contributed by atoms with Crippen LogP contribution < -0.4 is 0 Å². The number of ether oxygens (including phenoxy) is 2. The number of benzene rings is 1. The molecule has 2 bridgehead atoms. The highest BCUT2D eigenvalue weighted by atomic mass is 16.6. The van der Waals surface area contributed by atoms with E-state index in [9.17, 15) is 10.2 Å². The minimum absolute atomic E-state index is 0.214. The molecule has 3 rings (SSSR count). The zero-order valence-electron chi connectivity index (χ0n) is 8.74. The second-order valence-corrected chi connectivity index (χ2v) is 4.39. The van der Waals surface area contributed by atoms with Crippen molar-refractivity contribution in [1.82, 2.24) is 0 Å². The molecule has 2 N–H and O–H groups in total. The first-order valence-corrected chi connectivity index (χ1v) is 5.40. The number of fused-ring (bicyclic) bond motifs is 2. The first-order valence-electron chi connectivity index (χ1n) is 5.40. The summed E-state index contributed by atoms with van der Waals surface area (Å²) < 4.78 is 11.3. The van der Waals surface area contributed by atoms with E-state index in [1.807, 2.05) is 30.3 Å². The van der Waals surface area contributed by atoms with Crippen molar-refractivity contribution < 1.29 is 19.7 Å². The monoisotopic (exact) mass is 222 g/mol. The summed E-state index contributed by atoms with van der Waals surface area (Å²) in [5.41, 5.74) is 0.0483. The lowest BCUT2D eigenvalue weighted by Crippen LogP contribution is -2.43. The highest BCUT2D eigenvalue weighted by Gasteiger charge is 2.60. The van der Waals surface area contributed by atoms with Gasteiger partial charge in [0, 0.05) is 0 Å². The molecular weight excluding hydrogens is 208 g/mol. The van der Waals surface area contributed by atoms with E-state index < -0.39 is 11.7 Å². The summed E-state index contributed by atoms with van der Waals surface area (Å²) in [5, 5.41) is 19.3. The highest BCUT2D eigenvalue weighted by molar-refractivity contribution is 5.23. The maximum Gasteiger partial charge on any atom is 0.144 e.